The highest BCUT2D eigenvalue weighted by molar-refractivity contribution is 5.65. The molecule has 114 valence electrons. The van der Waals surface area contributed by atoms with Gasteiger partial charge >= 0.3 is 0 Å². The molecule has 1 aromatic rings. The third-order valence-corrected chi connectivity index (χ3v) is 4.10. The van der Waals surface area contributed by atoms with Crippen LogP contribution in [0.3, 0.4) is 0 Å². The zero-order chi connectivity index (χ0) is 15.5. The van der Waals surface area contributed by atoms with E-state index in [1.54, 1.807) is 0 Å². The topological polar surface area (TPSA) is 119 Å². The Labute approximate surface area is 121 Å². The lowest BCUT2D eigenvalue weighted by Crippen LogP contribution is -2.37. The Kier molecular flexibility index (Phi) is 4.37. The van der Waals surface area contributed by atoms with E-state index in [-0.39, 0.29) is 29.1 Å². The van der Waals surface area contributed by atoms with Crippen molar-refractivity contribution < 1.29 is 15.0 Å². The average molecular weight is 295 g/mol. The lowest BCUT2D eigenvalue weighted by molar-refractivity contribution is -0.393. The molecule has 8 heteroatoms. The Morgan fingerprint density at radius 2 is 1.95 bits per heavy atom. The van der Waals surface area contributed by atoms with Crippen LogP contribution in [0, 0.1) is 25.6 Å². The molecule has 0 spiro atoms. The third kappa shape index (κ3) is 3.27. The Hall–Kier alpha value is -2.22. The minimum Gasteiger partial charge on any atom is -0.396 e. The number of benzene rings is 1. The molecule has 2 rings (SSSR count). The van der Waals surface area contributed by atoms with E-state index >= 15 is 0 Å². The number of non-ortho nitro benzene ring substituents is 1. The number of rotatable bonds is 7. The highest BCUT2D eigenvalue weighted by Gasteiger charge is 2.36. The normalized spacial score (nSPS) is 16.0. The number of nitrogens with zero attached hydrogens (tertiary/aromatic N) is 2. The number of hydrogen-bond acceptors (Lipinski definition) is 6. The zero-order valence-electron chi connectivity index (χ0n) is 11.4. The second kappa shape index (κ2) is 6.04. The first kappa shape index (κ1) is 15.2. The van der Waals surface area contributed by atoms with Crippen LogP contribution in [-0.2, 0) is 0 Å². The maximum Gasteiger partial charge on any atom is 0.299 e. The smallest absolute Gasteiger partial charge is 0.299 e. The summed E-state index contributed by atoms with van der Waals surface area (Å²) in [6.07, 6.45) is 3.69. The van der Waals surface area contributed by atoms with Crippen molar-refractivity contribution in [3.05, 3.63) is 38.4 Å². The summed E-state index contributed by atoms with van der Waals surface area (Å²) in [7, 11) is 0. The van der Waals surface area contributed by atoms with Crippen LogP contribution in [0.2, 0.25) is 0 Å². The second-order valence-corrected chi connectivity index (χ2v) is 5.40. The van der Waals surface area contributed by atoms with Crippen LogP contribution in [0.15, 0.2) is 18.2 Å². The van der Waals surface area contributed by atoms with Crippen LogP contribution < -0.4 is 5.32 Å². The van der Waals surface area contributed by atoms with Gasteiger partial charge in [0.05, 0.1) is 15.9 Å². The predicted molar refractivity (Wildman–Crippen MR) is 76.2 cm³/mol. The molecule has 1 aliphatic carbocycles. The highest BCUT2D eigenvalue weighted by Crippen LogP contribution is 2.44. The first-order chi connectivity index (χ1) is 9.97. The first-order valence-electron chi connectivity index (χ1n) is 6.75. The number of aliphatic hydroxyl groups is 1. The van der Waals surface area contributed by atoms with Gasteiger partial charge < -0.3 is 10.4 Å². The number of nitro groups is 2. The number of hydrogen-bond donors (Lipinski definition) is 2. The molecule has 1 saturated carbocycles. The van der Waals surface area contributed by atoms with Crippen molar-refractivity contribution in [3.8, 4) is 0 Å². The van der Waals surface area contributed by atoms with Crippen LogP contribution in [0.4, 0.5) is 17.1 Å². The van der Waals surface area contributed by atoms with E-state index in [0.717, 1.165) is 25.3 Å². The maximum absolute atomic E-state index is 11.0. The summed E-state index contributed by atoms with van der Waals surface area (Å²) in [5.41, 5.74) is -0.358. The summed E-state index contributed by atoms with van der Waals surface area (Å²) in [4.78, 5) is 20.4. The molecule has 0 amide bonds. The molecule has 0 heterocycles. The van der Waals surface area contributed by atoms with Crippen LogP contribution >= 0.6 is 0 Å². The Morgan fingerprint density at radius 3 is 2.43 bits per heavy atom. The van der Waals surface area contributed by atoms with Crippen LogP contribution in [-0.4, -0.2) is 28.1 Å². The Balaban J connectivity index is 2.15. The first-order valence-corrected chi connectivity index (χ1v) is 6.75. The minimum atomic E-state index is -0.657. The van der Waals surface area contributed by atoms with E-state index in [1.807, 2.05) is 0 Å². The van der Waals surface area contributed by atoms with Gasteiger partial charge in [-0.2, -0.15) is 0 Å². The molecule has 0 bridgehead atoms. The van der Waals surface area contributed by atoms with Gasteiger partial charge in [-0.3, -0.25) is 20.2 Å². The maximum atomic E-state index is 11.0. The lowest BCUT2D eigenvalue weighted by atomic mass is 9.67. The van der Waals surface area contributed by atoms with Crippen molar-refractivity contribution >= 4 is 17.1 Å². The molecule has 0 aromatic heterocycles. The van der Waals surface area contributed by atoms with Crippen molar-refractivity contribution in [1.82, 2.24) is 0 Å². The SMILES string of the molecule is O=[N+]([O-])c1ccc(NCC2(CCO)CCC2)c([N+](=O)[O-])c1. The molecule has 0 saturated heterocycles. The molecule has 0 radical (unpaired) electrons. The van der Waals surface area contributed by atoms with Crippen LogP contribution in [0.25, 0.3) is 0 Å². The van der Waals surface area contributed by atoms with Gasteiger partial charge in [-0.25, -0.2) is 0 Å². The molecular weight excluding hydrogens is 278 g/mol. The van der Waals surface area contributed by atoms with Gasteiger partial charge in [0.1, 0.15) is 5.69 Å². The van der Waals surface area contributed by atoms with Crippen molar-refractivity contribution in [2.75, 3.05) is 18.5 Å². The number of nitro benzene ring substituents is 2. The van der Waals surface area contributed by atoms with Gasteiger partial charge in [-0.05, 0) is 30.7 Å². The van der Waals surface area contributed by atoms with E-state index in [2.05, 4.69) is 5.32 Å². The van der Waals surface area contributed by atoms with Crippen molar-refractivity contribution in [1.29, 1.82) is 0 Å². The standard InChI is InChI=1S/C13H17N3O5/c17-7-6-13(4-1-5-13)9-14-11-3-2-10(15(18)19)8-12(11)16(20)21/h2-3,8,14,17H,1,4-7,9H2. The van der Waals surface area contributed by atoms with Gasteiger partial charge in [0.15, 0.2) is 0 Å². The van der Waals surface area contributed by atoms with E-state index in [0.29, 0.717) is 13.0 Å². The van der Waals surface area contributed by atoms with Crippen LogP contribution in [0.5, 0.6) is 0 Å². The molecule has 1 fully saturated rings. The van der Waals surface area contributed by atoms with E-state index in [1.165, 1.54) is 12.1 Å². The van der Waals surface area contributed by atoms with Gasteiger partial charge in [0, 0.05) is 19.2 Å². The fourth-order valence-electron chi connectivity index (χ4n) is 2.65. The summed E-state index contributed by atoms with van der Waals surface area (Å²) in [5.74, 6) is 0. The Bertz CT molecular complexity index is 557. The average Bonchev–Trinajstić information content (AvgIpc) is 2.41. The van der Waals surface area contributed by atoms with Gasteiger partial charge in [-0.1, -0.05) is 6.42 Å². The highest BCUT2D eigenvalue weighted by atomic mass is 16.6. The van der Waals surface area contributed by atoms with Gasteiger partial charge in [0.2, 0.25) is 0 Å². The van der Waals surface area contributed by atoms with Crippen molar-refractivity contribution in [3.63, 3.8) is 0 Å². The summed E-state index contributed by atoms with van der Waals surface area (Å²) >= 11 is 0. The monoisotopic (exact) mass is 295 g/mol. The van der Waals surface area contributed by atoms with E-state index in [9.17, 15) is 20.2 Å². The molecule has 0 atom stereocenters. The summed E-state index contributed by atoms with van der Waals surface area (Å²) < 4.78 is 0. The molecule has 0 unspecified atom stereocenters. The quantitative estimate of drug-likeness (QED) is 0.589. The van der Waals surface area contributed by atoms with Gasteiger partial charge in [0.25, 0.3) is 11.4 Å². The van der Waals surface area contributed by atoms with E-state index in [4.69, 9.17) is 5.11 Å². The fourth-order valence-corrected chi connectivity index (χ4v) is 2.65. The summed E-state index contributed by atoms with van der Waals surface area (Å²) in [6, 6.07) is 3.57. The second-order valence-electron chi connectivity index (χ2n) is 5.40. The minimum absolute atomic E-state index is 0.0234. The molecule has 2 N–H and O–H groups in total. The van der Waals surface area contributed by atoms with Crippen molar-refractivity contribution in [2.24, 2.45) is 5.41 Å². The molecule has 8 nitrogen and oxygen atoms in total. The number of anilines is 1. The summed E-state index contributed by atoms with van der Waals surface area (Å²) in [5, 5.41) is 33.8. The van der Waals surface area contributed by atoms with E-state index < -0.39 is 9.85 Å². The molecule has 1 aromatic carbocycles. The predicted octanol–water partition coefficient (Wildman–Crippen LogP) is 2.47. The number of nitrogens with one attached hydrogen (secondary N) is 1. The molecule has 21 heavy (non-hydrogen) atoms. The fraction of sp³-hybridized carbons (Fsp3) is 0.538. The molecule has 1 aliphatic rings. The van der Waals surface area contributed by atoms with Crippen LogP contribution in [0.1, 0.15) is 25.7 Å². The Morgan fingerprint density at radius 1 is 1.24 bits per heavy atom. The summed E-state index contributed by atoms with van der Waals surface area (Å²) in [6.45, 7) is 0.607. The van der Waals surface area contributed by atoms with Crippen molar-refractivity contribution in [2.45, 2.75) is 25.7 Å². The third-order valence-electron chi connectivity index (χ3n) is 4.10. The largest absolute Gasteiger partial charge is 0.396 e. The lowest BCUT2D eigenvalue weighted by Gasteiger charge is -2.42. The van der Waals surface area contributed by atoms with Gasteiger partial charge in [-0.15, -0.1) is 0 Å². The molecule has 0 aliphatic heterocycles. The zero-order valence-corrected chi connectivity index (χ0v) is 11.4. The number of aliphatic hydroxyl groups excluding tert-OH is 1. The molecular formula is C13H17N3O5.